The van der Waals surface area contributed by atoms with Crippen LogP contribution in [-0.2, 0) is 21.4 Å². The zero-order chi connectivity index (χ0) is 18.9. The third kappa shape index (κ3) is 3.56. The molecule has 2 amide bonds. The number of hydrogen-bond acceptors (Lipinski definition) is 5. The Labute approximate surface area is 156 Å². The molecule has 26 heavy (non-hydrogen) atoms. The Balaban J connectivity index is 1.79. The van der Waals surface area contributed by atoms with Crippen LogP contribution in [0.3, 0.4) is 0 Å². The molecule has 136 valence electrons. The van der Waals surface area contributed by atoms with Crippen LogP contribution in [0.5, 0.6) is 0 Å². The number of sulfonamides is 1. The summed E-state index contributed by atoms with van der Waals surface area (Å²) in [7, 11) is -3.72. The van der Waals surface area contributed by atoms with E-state index in [1.54, 1.807) is 25.3 Å². The van der Waals surface area contributed by atoms with Crippen molar-refractivity contribution in [3.8, 4) is 0 Å². The SMILES string of the molecule is C[C@H]1CS(=O)(=O)N(c2ccc(C(=O)NCc3ccccn3)c(Cl)c2)C1=O. The lowest BCUT2D eigenvalue weighted by molar-refractivity contribution is -0.119. The second-order valence-electron chi connectivity index (χ2n) is 5.95. The highest BCUT2D eigenvalue weighted by molar-refractivity contribution is 7.94. The van der Waals surface area contributed by atoms with Gasteiger partial charge in [-0.1, -0.05) is 24.6 Å². The van der Waals surface area contributed by atoms with E-state index in [0.717, 1.165) is 4.31 Å². The number of benzene rings is 1. The number of hydrogen-bond donors (Lipinski definition) is 1. The molecule has 0 aliphatic carbocycles. The maximum Gasteiger partial charge on any atom is 0.253 e. The summed E-state index contributed by atoms with van der Waals surface area (Å²) in [5.74, 6) is -1.78. The van der Waals surface area contributed by atoms with E-state index in [9.17, 15) is 18.0 Å². The molecule has 1 aromatic carbocycles. The van der Waals surface area contributed by atoms with Crippen LogP contribution < -0.4 is 9.62 Å². The minimum Gasteiger partial charge on any atom is -0.346 e. The molecule has 1 saturated heterocycles. The van der Waals surface area contributed by atoms with Gasteiger partial charge in [0.2, 0.25) is 15.9 Å². The van der Waals surface area contributed by atoms with Gasteiger partial charge in [0.15, 0.2) is 0 Å². The molecule has 9 heteroatoms. The highest BCUT2D eigenvalue weighted by Crippen LogP contribution is 2.31. The molecule has 0 radical (unpaired) electrons. The quantitative estimate of drug-likeness (QED) is 0.856. The fraction of sp³-hybridized carbons (Fsp3) is 0.235. The Bertz CT molecular complexity index is 963. The Kier molecular flexibility index (Phi) is 4.97. The number of aromatic nitrogens is 1. The van der Waals surface area contributed by atoms with Crippen LogP contribution in [0, 0.1) is 5.92 Å². The fourth-order valence-electron chi connectivity index (χ4n) is 2.67. The van der Waals surface area contributed by atoms with Crippen molar-refractivity contribution in [2.45, 2.75) is 13.5 Å². The van der Waals surface area contributed by atoms with Gasteiger partial charge in [-0.25, -0.2) is 12.7 Å². The number of pyridine rings is 1. The van der Waals surface area contributed by atoms with E-state index in [4.69, 9.17) is 11.6 Å². The second kappa shape index (κ2) is 7.05. The Hall–Kier alpha value is -2.45. The van der Waals surface area contributed by atoms with Gasteiger partial charge < -0.3 is 5.32 Å². The van der Waals surface area contributed by atoms with E-state index in [2.05, 4.69) is 10.3 Å². The molecule has 1 atom stereocenters. The molecule has 1 N–H and O–H groups in total. The molecule has 1 aliphatic rings. The summed E-state index contributed by atoms with van der Waals surface area (Å²) in [6.07, 6.45) is 1.62. The average Bonchev–Trinajstić information content (AvgIpc) is 2.80. The first-order valence-corrected chi connectivity index (χ1v) is 9.83. The molecule has 0 bridgehead atoms. The summed E-state index contributed by atoms with van der Waals surface area (Å²) >= 11 is 6.15. The fourth-order valence-corrected chi connectivity index (χ4v) is 4.74. The lowest BCUT2D eigenvalue weighted by Crippen LogP contribution is -2.30. The van der Waals surface area contributed by atoms with E-state index in [-0.39, 0.29) is 28.6 Å². The van der Waals surface area contributed by atoms with Gasteiger partial charge in [-0.15, -0.1) is 0 Å². The van der Waals surface area contributed by atoms with Gasteiger partial charge in [0.1, 0.15) is 0 Å². The van der Waals surface area contributed by atoms with E-state index in [0.29, 0.717) is 5.69 Å². The standard InChI is InChI=1S/C17H16ClN3O4S/c1-11-10-26(24,25)21(17(11)23)13-5-6-14(15(18)8-13)16(22)20-9-12-4-2-3-7-19-12/h2-8,11H,9-10H2,1H3,(H,20,22)/t11-/m0/s1. The molecule has 3 rings (SSSR count). The minimum absolute atomic E-state index is 0.0589. The molecular formula is C17H16ClN3O4S. The van der Waals surface area contributed by atoms with Gasteiger partial charge in [0.25, 0.3) is 5.91 Å². The van der Waals surface area contributed by atoms with Gasteiger partial charge in [-0.05, 0) is 30.3 Å². The van der Waals surface area contributed by atoms with Crippen LogP contribution in [0.1, 0.15) is 23.0 Å². The van der Waals surface area contributed by atoms with Crippen molar-refractivity contribution in [1.82, 2.24) is 10.3 Å². The lowest BCUT2D eigenvalue weighted by atomic mass is 10.1. The van der Waals surface area contributed by atoms with Crippen molar-refractivity contribution in [3.05, 3.63) is 58.9 Å². The smallest absolute Gasteiger partial charge is 0.253 e. The number of rotatable bonds is 4. The molecule has 2 heterocycles. The summed E-state index contributed by atoms with van der Waals surface area (Å²) in [5, 5.41) is 2.75. The largest absolute Gasteiger partial charge is 0.346 e. The van der Waals surface area contributed by atoms with Crippen LogP contribution in [0.25, 0.3) is 0 Å². The molecule has 1 fully saturated rings. The zero-order valence-corrected chi connectivity index (χ0v) is 15.4. The van der Waals surface area contributed by atoms with E-state index in [1.807, 2.05) is 6.07 Å². The van der Waals surface area contributed by atoms with E-state index < -0.39 is 27.8 Å². The third-order valence-corrected chi connectivity index (χ3v) is 6.13. The van der Waals surface area contributed by atoms with Gasteiger partial charge in [-0.2, -0.15) is 0 Å². The summed E-state index contributed by atoms with van der Waals surface area (Å²) in [6.45, 7) is 1.79. The maximum atomic E-state index is 12.3. The maximum absolute atomic E-state index is 12.3. The highest BCUT2D eigenvalue weighted by atomic mass is 35.5. The van der Waals surface area contributed by atoms with Crippen LogP contribution in [-0.4, -0.2) is 31.0 Å². The van der Waals surface area contributed by atoms with Crippen LogP contribution in [0.4, 0.5) is 5.69 Å². The predicted molar refractivity (Wildman–Crippen MR) is 97.3 cm³/mol. The molecule has 0 spiro atoms. The van der Waals surface area contributed by atoms with Gasteiger partial charge in [0.05, 0.1) is 40.2 Å². The Morgan fingerprint density at radius 2 is 2.12 bits per heavy atom. The number of carbonyl (C=O) groups is 2. The summed E-state index contributed by atoms with van der Waals surface area (Å²) in [4.78, 5) is 28.5. The number of nitrogens with zero attached hydrogens (tertiary/aromatic N) is 2. The number of halogens is 1. The summed E-state index contributed by atoms with van der Waals surface area (Å²) in [5.41, 5.74) is 1.01. The number of nitrogens with one attached hydrogen (secondary N) is 1. The van der Waals surface area contributed by atoms with Crippen molar-refractivity contribution in [2.24, 2.45) is 5.92 Å². The van der Waals surface area contributed by atoms with E-state index >= 15 is 0 Å². The topological polar surface area (TPSA) is 96.4 Å². The third-order valence-electron chi connectivity index (χ3n) is 3.95. The predicted octanol–water partition coefficient (Wildman–Crippen LogP) is 1.98. The lowest BCUT2D eigenvalue weighted by Gasteiger charge is -2.16. The van der Waals surface area contributed by atoms with Gasteiger partial charge in [-0.3, -0.25) is 14.6 Å². The summed E-state index contributed by atoms with van der Waals surface area (Å²) in [6, 6.07) is 9.47. The zero-order valence-electron chi connectivity index (χ0n) is 13.8. The van der Waals surface area contributed by atoms with Crippen LogP contribution in [0.2, 0.25) is 5.02 Å². The second-order valence-corrected chi connectivity index (χ2v) is 8.22. The molecule has 1 aromatic heterocycles. The Morgan fingerprint density at radius 1 is 1.35 bits per heavy atom. The molecule has 1 aliphatic heterocycles. The molecular weight excluding hydrogens is 378 g/mol. The van der Waals surface area contributed by atoms with E-state index in [1.165, 1.54) is 18.2 Å². The van der Waals surface area contributed by atoms with Crippen molar-refractivity contribution < 1.29 is 18.0 Å². The van der Waals surface area contributed by atoms with Crippen molar-refractivity contribution >= 4 is 39.1 Å². The van der Waals surface area contributed by atoms with Crippen molar-refractivity contribution in [1.29, 1.82) is 0 Å². The monoisotopic (exact) mass is 393 g/mol. The van der Waals surface area contributed by atoms with Gasteiger partial charge >= 0.3 is 0 Å². The summed E-state index contributed by atoms with van der Waals surface area (Å²) < 4.78 is 25.0. The highest BCUT2D eigenvalue weighted by Gasteiger charge is 2.42. The first-order chi connectivity index (χ1) is 12.3. The molecule has 7 nitrogen and oxygen atoms in total. The molecule has 0 unspecified atom stereocenters. The van der Waals surface area contributed by atoms with Crippen molar-refractivity contribution in [3.63, 3.8) is 0 Å². The van der Waals surface area contributed by atoms with Crippen LogP contribution in [0.15, 0.2) is 42.6 Å². The van der Waals surface area contributed by atoms with Gasteiger partial charge in [0, 0.05) is 6.20 Å². The van der Waals surface area contributed by atoms with Crippen LogP contribution >= 0.6 is 11.6 Å². The Morgan fingerprint density at radius 3 is 2.69 bits per heavy atom. The average molecular weight is 394 g/mol. The first-order valence-electron chi connectivity index (χ1n) is 7.84. The molecule has 0 saturated carbocycles. The molecule has 2 aromatic rings. The number of amides is 2. The first kappa shape index (κ1) is 18.3. The van der Waals surface area contributed by atoms with Crippen molar-refractivity contribution in [2.75, 3.05) is 10.1 Å². The number of anilines is 1. The minimum atomic E-state index is -3.72. The normalized spacial score (nSPS) is 18.8. The number of carbonyl (C=O) groups excluding carboxylic acids is 2.